The minimum Gasteiger partial charge on any atom is -0.338 e. The van der Waals surface area contributed by atoms with Crippen molar-refractivity contribution in [2.75, 3.05) is 6.54 Å². The average Bonchev–Trinajstić information content (AvgIpc) is 2.83. The van der Waals surface area contributed by atoms with E-state index in [1.807, 2.05) is 0 Å². The Hall–Kier alpha value is -0.900. The normalized spacial score (nSPS) is 25.5. The average molecular weight is 223 g/mol. The second kappa shape index (κ2) is 4.95. The van der Waals surface area contributed by atoms with Crippen molar-refractivity contribution in [1.82, 2.24) is 15.5 Å². The maximum absolute atomic E-state index is 5.33. The Bertz CT molecular complexity index is 335. The van der Waals surface area contributed by atoms with Gasteiger partial charge < -0.3 is 9.84 Å². The lowest BCUT2D eigenvalue weighted by atomic mass is 10.0. The summed E-state index contributed by atoms with van der Waals surface area (Å²) in [5.74, 6) is 2.90. The van der Waals surface area contributed by atoms with Gasteiger partial charge in [-0.25, -0.2) is 0 Å². The largest absolute Gasteiger partial charge is 0.338 e. The van der Waals surface area contributed by atoms with Crippen LogP contribution >= 0.6 is 0 Å². The van der Waals surface area contributed by atoms with Crippen LogP contribution in [0.4, 0.5) is 0 Å². The molecule has 0 amide bonds. The predicted molar refractivity (Wildman–Crippen MR) is 62.0 cm³/mol. The third-order valence-electron chi connectivity index (χ3n) is 3.23. The molecule has 4 nitrogen and oxygen atoms in total. The highest BCUT2D eigenvalue weighted by atomic mass is 16.5. The number of hydrogen-bond donors (Lipinski definition) is 1. The molecule has 1 aromatic heterocycles. The number of hydrogen-bond acceptors (Lipinski definition) is 4. The highest BCUT2D eigenvalue weighted by Gasteiger charge is 2.29. The van der Waals surface area contributed by atoms with Gasteiger partial charge in [0.05, 0.1) is 6.04 Å². The van der Waals surface area contributed by atoms with Gasteiger partial charge in [0.15, 0.2) is 5.82 Å². The molecule has 0 spiro atoms. The predicted octanol–water partition coefficient (Wildman–Crippen LogP) is 2.33. The van der Waals surface area contributed by atoms with E-state index in [1.54, 1.807) is 0 Å². The van der Waals surface area contributed by atoms with Gasteiger partial charge in [0.2, 0.25) is 5.89 Å². The van der Waals surface area contributed by atoms with Gasteiger partial charge in [0, 0.05) is 6.42 Å². The number of nitrogens with zero attached hydrogens (tertiary/aromatic N) is 2. The van der Waals surface area contributed by atoms with Crippen molar-refractivity contribution in [2.24, 2.45) is 11.8 Å². The second-order valence-electron chi connectivity index (χ2n) is 5.18. The van der Waals surface area contributed by atoms with Crippen LogP contribution < -0.4 is 5.32 Å². The first-order valence-corrected chi connectivity index (χ1v) is 6.22. The monoisotopic (exact) mass is 223 g/mol. The molecule has 90 valence electrons. The van der Waals surface area contributed by atoms with E-state index < -0.39 is 0 Å². The fourth-order valence-electron chi connectivity index (χ4n) is 2.08. The molecule has 0 radical (unpaired) electrons. The van der Waals surface area contributed by atoms with Crippen LogP contribution in [0.2, 0.25) is 0 Å². The number of aryl methyl sites for hydroxylation is 1. The van der Waals surface area contributed by atoms with E-state index in [0.717, 1.165) is 31.1 Å². The highest BCUT2D eigenvalue weighted by molar-refractivity contribution is 4.98. The van der Waals surface area contributed by atoms with Gasteiger partial charge in [-0.2, -0.15) is 4.98 Å². The number of rotatable bonds is 4. The van der Waals surface area contributed by atoms with Crippen molar-refractivity contribution in [3.63, 3.8) is 0 Å². The molecule has 1 aromatic rings. The van der Waals surface area contributed by atoms with E-state index in [-0.39, 0.29) is 6.04 Å². The van der Waals surface area contributed by atoms with Crippen LogP contribution in [0, 0.1) is 11.8 Å². The zero-order chi connectivity index (χ0) is 11.5. The Balaban J connectivity index is 1.96. The molecule has 0 aliphatic carbocycles. The first-order valence-electron chi connectivity index (χ1n) is 6.22. The second-order valence-corrected chi connectivity index (χ2v) is 5.18. The molecule has 0 bridgehead atoms. The fourth-order valence-corrected chi connectivity index (χ4v) is 2.08. The molecule has 4 heteroatoms. The summed E-state index contributed by atoms with van der Waals surface area (Å²) < 4.78 is 5.33. The number of nitrogens with one attached hydrogen (secondary N) is 1. The zero-order valence-corrected chi connectivity index (χ0v) is 10.4. The molecule has 1 aliphatic heterocycles. The summed E-state index contributed by atoms with van der Waals surface area (Å²) >= 11 is 0. The smallest absolute Gasteiger partial charge is 0.244 e. The molecule has 16 heavy (non-hydrogen) atoms. The summed E-state index contributed by atoms with van der Waals surface area (Å²) in [4.78, 5) is 4.47. The van der Waals surface area contributed by atoms with E-state index in [2.05, 4.69) is 36.2 Å². The molecule has 2 rings (SSSR count). The number of aromatic nitrogens is 2. The van der Waals surface area contributed by atoms with Crippen LogP contribution in [0.25, 0.3) is 0 Å². The summed E-state index contributed by atoms with van der Waals surface area (Å²) in [6.07, 6.45) is 3.23. The zero-order valence-electron chi connectivity index (χ0n) is 10.4. The van der Waals surface area contributed by atoms with Crippen molar-refractivity contribution in [1.29, 1.82) is 0 Å². The molecule has 2 atom stereocenters. The quantitative estimate of drug-likeness (QED) is 0.851. The Morgan fingerprint density at radius 2 is 2.31 bits per heavy atom. The topological polar surface area (TPSA) is 51.0 Å². The lowest BCUT2D eigenvalue weighted by Crippen LogP contribution is -2.16. The van der Waals surface area contributed by atoms with E-state index in [0.29, 0.717) is 11.8 Å². The van der Waals surface area contributed by atoms with Crippen molar-refractivity contribution in [3.05, 3.63) is 11.7 Å². The minimum absolute atomic E-state index is 0.264. The maximum atomic E-state index is 5.33. The minimum atomic E-state index is 0.264. The van der Waals surface area contributed by atoms with Crippen LogP contribution in [-0.4, -0.2) is 16.7 Å². The van der Waals surface area contributed by atoms with Crippen molar-refractivity contribution in [3.8, 4) is 0 Å². The lowest BCUT2D eigenvalue weighted by Gasteiger charge is -2.09. The van der Waals surface area contributed by atoms with Crippen LogP contribution in [-0.2, 0) is 6.42 Å². The molecular formula is C12H21N3O. The first-order chi connectivity index (χ1) is 7.66. The fraction of sp³-hybridized carbons (Fsp3) is 0.833. The molecule has 2 unspecified atom stereocenters. The van der Waals surface area contributed by atoms with Gasteiger partial charge in [0.25, 0.3) is 0 Å². The Kier molecular flexibility index (Phi) is 3.59. The van der Waals surface area contributed by atoms with E-state index in [4.69, 9.17) is 4.52 Å². The third-order valence-corrected chi connectivity index (χ3v) is 3.23. The van der Waals surface area contributed by atoms with Crippen LogP contribution in [0.3, 0.4) is 0 Å². The third kappa shape index (κ3) is 2.61. The van der Waals surface area contributed by atoms with Crippen molar-refractivity contribution in [2.45, 2.75) is 46.1 Å². The molecule has 1 fully saturated rings. The molecule has 0 aromatic carbocycles. The van der Waals surface area contributed by atoms with Gasteiger partial charge in [-0.3, -0.25) is 0 Å². The van der Waals surface area contributed by atoms with E-state index in [1.165, 1.54) is 6.42 Å². The molecule has 1 N–H and O–H groups in total. The van der Waals surface area contributed by atoms with Crippen LogP contribution in [0.1, 0.15) is 51.4 Å². The first kappa shape index (κ1) is 11.6. The molecule has 1 saturated heterocycles. The standard InChI is InChI=1S/C12H21N3O/c1-8(2)4-5-10-14-12(16-15-10)11-9(3)6-7-13-11/h8-9,11,13H,4-7H2,1-3H3. The summed E-state index contributed by atoms with van der Waals surface area (Å²) in [5.41, 5.74) is 0. The summed E-state index contributed by atoms with van der Waals surface area (Å²) in [6, 6.07) is 0.264. The van der Waals surface area contributed by atoms with Gasteiger partial charge in [-0.05, 0) is 31.2 Å². The van der Waals surface area contributed by atoms with E-state index in [9.17, 15) is 0 Å². The molecule has 2 heterocycles. The van der Waals surface area contributed by atoms with Gasteiger partial charge >= 0.3 is 0 Å². The summed E-state index contributed by atoms with van der Waals surface area (Å²) in [5, 5.41) is 7.45. The van der Waals surface area contributed by atoms with Crippen molar-refractivity contribution < 1.29 is 4.52 Å². The van der Waals surface area contributed by atoms with E-state index >= 15 is 0 Å². The lowest BCUT2D eigenvalue weighted by molar-refractivity contribution is 0.316. The van der Waals surface area contributed by atoms with Gasteiger partial charge in [0.1, 0.15) is 0 Å². The van der Waals surface area contributed by atoms with Gasteiger partial charge in [-0.1, -0.05) is 25.9 Å². The van der Waals surface area contributed by atoms with Crippen LogP contribution in [0.5, 0.6) is 0 Å². The maximum Gasteiger partial charge on any atom is 0.244 e. The molecular weight excluding hydrogens is 202 g/mol. The SMILES string of the molecule is CC(C)CCc1noc(C2NCCC2C)n1. The van der Waals surface area contributed by atoms with Crippen LogP contribution in [0.15, 0.2) is 4.52 Å². The molecule has 1 aliphatic rings. The summed E-state index contributed by atoms with van der Waals surface area (Å²) in [7, 11) is 0. The highest BCUT2D eigenvalue weighted by Crippen LogP contribution is 2.27. The summed E-state index contributed by atoms with van der Waals surface area (Å²) in [6.45, 7) is 7.70. The molecule has 0 saturated carbocycles. The Labute approximate surface area is 96.8 Å². The van der Waals surface area contributed by atoms with Gasteiger partial charge in [-0.15, -0.1) is 0 Å². The van der Waals surface area contributed by atoms with Crippen molar-refractivity contribution >= 4 is 0 Å². The Morgan fingerprint density at radius 1 is 1.50 bits per heavy atom. The Morgan fingerprint density at radius 3 is 2.94 bits per heavy atom.